The van der Waals surface area contributed by atoms with E-state index in [1.165, 1.54) is 6.92 Å². The van der Waals surface area contributed by atoms with E-state index in [2.05, 4.69) is 4.74 Å². The Labute approximate surface area is 96.1 Å². The highest BCUT2D eigenvalue weighted by Crippen LogP contribution is 2.16. The molecule has 0 unspecified atom stereocenters. The number of para-hydroxylation sites is 1. The third-order valence-corrected chi connectivity index (χ3v) is 1.77. The van der Waals surface area contributed by atoms with Crippen LogP contribution in [0.3, 0.4) is 0 Å². The first-order valence-corrected chi connectivity index (χ1v) is 4.83. The maximum atomic E-state index is 11.8. The van der Waals surface area contributed by atoms with Crippen LogP contribution in [-0.4, -0.2) is 24.9 Å². The smallest absolute Gasteiger partial charge is 0.422 e. The van der Waals surface area contributed by atoms with E-state index < -0.39 is 24.9 Å². The van der Waals surface area contributed by atoms with Gasteiger partial charge in [0.1, 0.15) is 5.75 Å². The van der Waals surface area contributed by atoms with Gasteiger partial charge in [-0.2, -0.15) is 13.2 Å². The van der Waals surface area contributed by atoms with Crippen LogP contribution >= 0.6 is 0 Å². The fourth-order valence-electron chi connectivity index (χ4n) is 1.02. The molecule has 0 fully saturated rings. The summed E-state index contributed by atoms with van der Waals surface area (Å²) in [6, 6.07) is 8.30. The number of halogens is 3. The van der Waals surface area contributed by atoms with Crippen LogP contribution < -0.4 is 4.74 Å². The van der Waals surface area contributed by atoms with Crippen molar-refractivity contribution in [1.29, 1.82) is 0 Å². The second kappa shape index (κ2) is 5.56. The summed E-state index contributed by atoms with van der Waals surface area (Å²) in [4.78, 5) is 11.1. The van der Waals surface area contributed by atoms with Gasteiger partial charge in [-0.15, -0.1) is 0 Å². The predicted molar refractivity (Wildman–Crippen MR) is 53.5 cm³/mol. The van der Waals surface area contributed by atoms with E-state index in [0.29, 0.717) is 5.75 Å². The van der Waals surface area contributed by atoms with Gasteiger partial charge in [0.15, 0.2) is 12.7 Å². The van der Waals surface area contributed by atoms with Crippen molar-refractivity contribution in [3.8, 4) is 5.75 Å². The molecule has 1 rings (SSSR count). The molecule has 0 aliphatic heterocycles. The van der Waals surface area contributed by atoms with Crippen molar-refractivity contribution in [3.05, 3.63) is 30.3 Å². The molecule has 1 atom stereocenters. The molecule has 0 amide bonds. The molecule has 0 N–H and O–H groups in total. The minimum absolute atomic E-state index is 0.393. The quantitative estimate of drug-likeness (QED) is 0.768. The second-order valence-electron chi connectivity index (χ2n) is 3.30. The predicted octanol–water partition coefficient (Wildman–Crippen LogP) is 2.56. The number of hydrogen-bond acceptors (Lipinski definition) is 3. The molecule has 0 bridgehead atoms. The summed E-state index contributed by atoms with van der Waals surface area (Å²) >= 11 is 0. The molecule has 1 aromatic carbocycles. The van der Waals surface area contributed by atoms with Gasteiger partial charge >= 0.3 is 12.1 Å². The molecule has 0 heterocycles. The van der Waals surface area contributed by atoms with Gasteiger partial charge < -0.3 is 9.47 Å². The second-order valence-corrected chi connectivity index (χ2v) is 3.30. The normalized spacial score (nSPS) is 12.9. The minimum atomic E-state index is -4.53. The van der Waals surface area contributed by atoms with Crippen LogP contribution in [0.15, 0.2) is 30.3 Å². The zero-order valence-corrected chi connectivity index (χ0v) is 9.03. The van der Waals surface area contributed by atoms with Crippen molar-refractivity contribution in [3.63, 3.8) is 0 Å². The van der Waals surface area contributed by atoms with E-state index in [1.807, 2.05) is 0 Å². The molecule has 0 spiro atoms. The molecule has 17 heavy (non-hydrogen) atoms. The maximum Gasteiger partial charge on any atom is 0.422 e. The lowest BCUT2D eigenvalue weighted by atomic mass is 10.3. The topological polar surface area (TPSA) is 35.5 Å². The van der Waals surface area contributed by atoms with E-state index in [4.69, 9.17) is 4.74 Å². The van der Waals surface area contributed by atoms with Crippen molar-refractivity contribution in [2.24, 2.45) is 0 Å². The highest BCUT2D eigenvalue weighted by atomic mass is 19.4. The fraction of sp³-hybridized carbons (Fsp3) is 0.364. The Morgan fingerprint density at radius 1 is 1.29 bits per heavy atom. The lowest BCUT2D eigenvalue weighted by Gasteiger charge is -2.14. The van der Waals surface area contributed by atoms with Gasteiger partial charge in [0.05, 0.1) is 0 Å². The Balaban J connectivity index is 2.43. The number of hydrogen-bond donors (Lipinski definition) is 0. The Morgan fingerprint density at radius 3 is 2.41 bits per heavy atom. The first-order chi connectivity index (χ1) is 7.88. The van der Waals surface area contributed by atoms with Crippen molar-refractivity contribution in [2.45, 2.75) is 19.2 Å². The van der Waals surface area contributed by atoms with E-state index in [-0.39, 0.29) is 0 Å². The average molecular weight is 248 g/mol. The van der Waals surface area contributed by atoms with Gasteiger partial charge in [-0.25, -0.2) is 4.79 Å². The van der Waals surface area contributed by atoms with Gasteiger partial charge in [0.2, 0.25) is 0 Å². The highest BCUT2D eigenvalue weighted by Gasteiger charge is 2.31. The van der Waals surface area contributed by atoms with Crippen LogP contribution in [0.4, 0.5) is 13.2 Å². The molecule has 94 valence electrons. The summed E-state index contributed by atoms with van der Waals surface area (Å²) in [6.07, 6.45) is -5.61. The fourth-order valence-corrected chi connectivity index (χ4v) is 1.02. The van der Waals surface area contributed by atoms with E-state index in [9.17, 15) is 18.0 Å². The summed E-state index contributed by atoms with van der Waals surface area (Å²) in [5.74, 6) is -0.657. The Bertz CT molecular complexity index is 362. The maximum absolute atomic E-state index is 11.8. The van der Waals surface area contributed by atoms with Crippen LogP contribution in [0, 0.1) is 0 Å². The third-order valence-electron chi connectivity index (χ3n) is 1.77. The lowest BCUT2D eigenvalue weighted by Crippen LogP contribution is -2.30. The molecule has 0 aliphatic carbocycles. The molecule has 0 saturated carbocycles. The number of esters is 1. The number of alkyl halides is 3. The van der Waals surface area contributed by atoms with E-state index in [1.54, 1.807) is 30.3 Å². The number of rotatable bonds is 4. The van der Waals surface area contributed by atoms with Gasteiger partial charge in [-0.1, -0.05) is 18.2 Å². The summed E-state index contributed by atoms with van der Waals surface area (Å²) in [5, 5.41) is 0. The van der Waals surface area contributed by atoms with Crippen LogP contribution in [-0.2, 0) is 9.53 Å². The van der Waals surface area contributed by atoms with Crippen molar-refractivity contribution in [1.82, 2.24) is 0 Å². The van der Waals surface area contributed by atoms with Crippen LogP contribution in [0.1, 0.15) is 6.92 Å². The summed E-state index contributed by atoms with van der Waals surface area (Å²) in [7, 11) is 0. The zero-order chi connectivity index (χ0) is 12.9. The minimum Gasteiger partial charge on any atom is -0.479 e. The van der Waals surface area contributed by atoms with Crippen molar-refractivity contribution >= 4 is 5.97 Å². The van der Waals surface area contributed by atoms with Crippen molar-refractivity contribution < 1.29 is 27.4 Å². The molecule has 1 aromatic rings. The molecule has 0 aromatic heterocycles. The molecule has 0 radical (unpaired) electrons. The van der Waals surface area contributed by atoms with E-state index >= 15 is 0 Å². The van der Waals surface area contributed by atoms with Crippen molar-refractivity contribution in [2.75, 3.05) is 6.61 Å². The van der Waals surface area contributed by atoms with Crippen LogP contribution in [0.5, 0.6) is 5.75 Å². The van der Waals surface area contributed by atoms with Gasteiger partial charge in [0.25, 0.3) is 0 Å². The number of benzene rings is 1. The van der Waals surface area contributed by atoms with Gasteiger partial charge in [-0.05, 0) is 19.1 Å². The number of carbonyl (C=O) groups is 1. The molecule has 0 aliphatic rings. The molecule has 3 nitrogen and oxygen atoms in total. The SMILES string of the molecule is C[C@@H](Oc1ccccc1)C(=O)OCC(F)(F)F. The standard InChI is InChI=1S/C11H11F3O3/c1-8(10(15)16-7-11(12,13)14)17-9-5-3-2-4-6-9/h2-6,8H,7H2,1H3/t8-/m1/s1. The lowest BCUT2D eigenvalue weighted by molar-refractivity contribution is -0.190. The zero-order valence-electron chi connectivity index (χ0n) is 9.03. The number of carbonyl (C=O) groups excluding carboxylic acids is 1. The van der Waals surface area contributed by atoms with E-state index in [0.717, 1.165) is 0 Å². The molecular weight excluding hydrogens is 237 g/mol. The summed E-state index contributed by atoms with van der Waals surface area (Å²) in [6.45, 7) is -0.278. The Kier molecular flexibility index (Phi) is 4.37. The van der Waals surface area contributed by atoms with Gasteiger partial charge in [0, 0.05) is 0 Å². The third kappa shape index (κ3) is 5.24. The first-order valence-electron chi connectivity index (χ1n) is 4.83. The monoisotopic (exact) mass is 248 g/mol. The van der Waals surface area contributed by atoms with Crippen LogP contribution in [0.2, 0.25) is 0 Å². The molecular formula is C11H11F3O3. The highest BCUT2D eigenvalue weighted by molar-refractivity contribution is 5.74. The van der Waals surface area contributed by atoms with Gasteiger partial charge in [-0.3, -0.25) is 0 Å². The molecule has 6 heteroatoms. The Hall–Kier alpha value is -1.72. The summed E-state index contributed by atoms with van der Waals surface area (Å²) < 4.78 is 44.5. The summed E-state index contributed by atoms with van der Waals surface area (Å²) in [5.41, 5.74) is 0. The largest absolute Gasteiger partial charge is 0.479 e. The molecule has 0 saturated heterocycles. The average Bonchev–Trinajstić information content (AvgIpc) is 2.26. The Morgan fingerprint density at radius 2 is 1.88 bits per heavy atom. The first kappa shape index (κ1) is 13.3. The van der Waals surface area contributed by atoms with Crippen LogP contribution in [0.25, 0.3) is 0 Å². The number of ether oxygens (including phenoxy) is 2.